The Kier molecular flexibility index (Phi) is 4.95. The van der Waals surface area contributed by atoms with Crippen molar-refractivity contribution in [2.45, 2.75) is 26.3 Å². The lowest BCUT2D eigenvalue weighted by Gasteiger charge is -2.19. The summed E-state index contributed by atoms with van der Waals surface area (Å²) >= 11 is 6.28. The molecule has 0 aliphatic heterocycles. The van der Waals surface area contributed by atoms with Crippen molar-refractivity contribution < 1.29 is 8.91 Å². The van der Waals surface area contributed by atoms with E-state index in [1.54, 1.807) is 21.1 Å². The van der Waals surface area contributed by atoms with Crippen molar-refractivity contribution in [3.8, 4) is 29.0 Å². The fraction of sp³-hybridized carbons (Fsp3) is 0.174. The third-order valence-electron chi connectivity index (χ3n) is 5.67. The summed E-state index contributed by atoms with van der Waals surface area (Å²) in [6.45, 7) is 3.85. The summed E-state index contributed by atoms with van der Waals surface area (Å²) in [6.07, 6.45) is 2.14. The maximum Gasteiger partial charge on any atom is 0.278 e. The fourth-order valence-corrected chi connectivity index (χ4v) is 4.04. The van der Waals surface area contributed by atoms with Crippen molar-refractivity contribution in [2.24, 2.45) is 0 Å². The average molecular weight is 463 g/mol. The third kappa shape index (κ3) is 3.18. The van der Waals surface area contributed by atoms with Gasteiger partial charge in [-0.2, -0.15) is 10.2 Å². The number of nitriles is 1. The minimum Gasteiger partial charge on any atom is -0.334 e. The molecule has 0 radical (unpaired) electrons. The van der Waals surface area contributed by atoms with Crippen molar-refractivity contribution in [1.29, 1.82) is 5.26 Å². The topological polar surface area (TPSA) is 102 Å². The SMILES string of the molecule is CCC(C)n1c(=O)c2c(-c3noc(-c4ccc(F)cc4)n3)ncn2c2ccc(Cl)c(C#N)c21. The maximum absolute atomic E-state index is 13.7. The van der Waals surface area contributed by atoms with Gasteiger partial charge < -0.3 is 9.09 Å². The van der Waals surface area contributed by atoms with Crippen LogP contribution >= 0.6 is 11.6 Å². The Balaban J connectivity index is 1.81. The molecule has 2 aromatic carbocycles. The lowest BCUT2D eigenvalue weighted by molar-refractivity contribution is 0.432. The van der Waals surface area contributed by atoms with E-state index in [4.69, 9.17) is 16.1 Å². The Morgan fingerprint density at radius 2 is 1.97 bits per heavy atom. The lowest BCUT2D eigenvalue weighted by Crippen LogP contribution is -2.26. The second-order valence-electron chi connectivity index (χ2n) is 7.58. The summed E-state index contributed by atoms with van der Waals surface area (Å²) in [7, 11) is 0. The number of hydrogen-bond donors (Lipinski definition) is 0. The molecule has 1 atom stereocenters. The van der Waals surface area contributed by atoms with Crippen LogP contribution in [0.15, 0.2) is 52.0 Å². The molecule has 0 saturated heterocycles. The van der Waals surface area contributed by atoms with E-state index < -0.39 is 0 Å². The van der Waals surface area contributed by atoms with Crippen LogP contribution in [-0.4, -0.2) is 24.1 Å². The minimum absolute atomic E-state index is 0.124. The average Bonchev–Trinajstić information content (AvgIpc) is 3.47. The molecule has 3 heterocycles. The highest BCUT2D eigenvalue weighted by Gasteiger charge is 2.24. The van der Waals surface area contributed by atoms with Gasteiger partial charge in [-0.15, -0.1) is 0 Å². The van der Waals surface area contributed by atoms with Crippen molar-refractivity contribution in [2.75, 3.05) is 0 Å². The number of rotatable bonds is 4. The molecule has 164 valence electrons. The van der Waals surface area contributed by atoms with Crippen LogP contribution in [0.2, 0.25) is 5.02 Å². The number of aromatic nitrogens is 5. The van der Waals surface area contributed by atoms with Crippen molar-refractivity contribution >= 4 is 28.2 Å². The van der Waals surface area contributed by atoms with E-state index >= 15 is 0 Å². The molecule has 33 heavy (non-hydrogen) atoms. The van der Waals surface area contributed by atoms with Gasteiger partial charge in [0.1, 0.15) is 29.4 Å². The molecule has 10 heteroatoms. The maximum atomic E-state index is 13.7. The summed E-state index contributed by atoms with van der Waals surface area (Å²) < 4.78 is 21.8. The van der Waals surface area contributed by atoms with Gasteiger partial charge in [0.15, 0.2) is 0 Å². The number of benzene rings is 2. The van der Waals surface area contributed by atoms with E-state index in [-0.39, 0.29) is 50.9 Å². The normalized spacial score (nSPS) is 12.3. The zero-order valence-electron chi connectivity index (χ0n) is 17.6. The predicted molar refractivity (Wildman–Crippen MR) is 120 cm³/mol. The predicted octanol–water partition coefficient (Wildman–Crippen LogP) is 5.00. The van der Waals surface area contributed by atoms with E-state index in [1.165, 1.54) is 30.6 Å². The molecular weight excluding hydrogens is 447 g/mol. The van der Waals surface area contributed by atoms with Crippen LogP contribution in [0.3, 0.4) is 0 Å². The van der Waals surface area contributed by atoms with Gasteiger partial charge in [-0.3, -0.25) is 9.20 Å². The highest BCUT2D eigenvalue weighted by Crippen LogP contribution is 2.30. The second-order valence-corrected chi connectivity index (χ2v) is 7.98. The Labute approximate surface area is 191 Å². The molecule has 5 aromatic rings. The van der Waals surface area contributed by atoms with E-state index in [2.05, 4.69) is 21.2 Å². The van der Waals surface area contributed by atoms with Gasteiger partial charge in [0.25, 0.3) is 11.4 Å². The number of halogens is 2. The third-order valence-corrected chi connectivity index (χ3v) is 5.98. The Morgan fingerprint density at radius 1 is 1.21 bits per heavy atom. The lowest BCUT2D eigenvalue weighted by atomic mass is 10.1. The highest BCUT2D eigenvalue weighted by molar-refractivity contribution is 6.32. The Hall–Kier alpha value is -4.03. The molecule has 0 saturated carbocycles. The highest BCUT2D eigenvalue weighted by atomic mass is 35.5. The largest absolute Gasteiger partial charge is 0.334 e. The van der Waals surface area contributed by atoms with Gasteiger partial charge >= 0.3 is 0 Å². The van der Waals surface area contributed by atoms with Gasteiger partial charge in [-0.25, -0.2) is 9.37 Å². The molecule has 0 spiro atoms. The summed E-state index contributed by atoms with van der Waals surface area (Å²) in [6, 6.07) is 10.9. The van der Waals surface area contributed by atoms with E-state index in [9.17, 15) is 14.4 Å². The number of nitrogens with zero attached hydrogens (tertiary/aromatic N) is 6. The Bertz CT molecular complexity index is 1630. The van der Waals surface area contributed by atoms with Crippen molar-refractivity contribution in [3.63, 3.8) is 0 Å². The number of imidazole rings is 1. The Morgan fingerprint density at radius 3 is 2.67 bits per heavy atom. The molecule has 0 aliphatic rings. The molecule has 0 bridgehead atoms. The molecule has 3 aromatic heterocycles. The van der Waals surface area contributed by atoms with Crippen LogP contribution in [0.4, 0.5) is 4.39 Å². The van der Waals surface area contributed by atoms with E-state index in [0.717, 1.165) is 0 Å². The van der Waals surface area contributed by atoms with Gasteiger partial charge in [0.05, 0.1) is 21.6 Å². The first-order chi connectivity index (χ1) is 15.9. The zero-order chi connectivity index (χ0) is 23.3. The van der Waals surface area contributed by atoms with E-state index in [1.807, 2.05) is 13.8 Å². The van der Waals surface area contributed by atoms with Crippen LogP contribution in [0.1, 0.15) is 31.9 Å². The zero-order valence-corrected chi connectivity index (χ0v) is 18.3. The van der Waals surface area contributed by atoms with Crippen molar-refractivity contribution in [1.82, 2.24) is 24.1 Å². The number of hydrogen-bond acceptors (Lipinski definition) is 6. The summed E-state index contributed by atoms with van der Waals surface area (Å²) in [4.78, 5) is 22.5. The molecule has 8 nitrogen and oxygen atoms in total. The molecule has 0 amide bonds. The van der Waals surface area contributed by atoms with Crippen LogP contribution in [0.25, 0.3) is 39.5 Å². The minimum atomic E-state index is -0.382. The molecule has 5 rings (SSSR count). The first kappa shape index (κ1) is 20.8. The van der Waals surface area contributed by atoms with Crippen LogP contribution in [0.5, 0.6) is 0 Å². The summed E-state index contributed by atoms with van der Waals surface area (Å²) in [5, 5.41) is 14.0. The standard InChI is InChI=1S/C23H16ClFN6O2/c1-3-12(2)31-19-15(10-26)16(24)8-9-17(19)30-11-27-18(20(30)23(31)32)21-28-22(33-29-21)13-4-6-14(25)7-5-13/h4-9,11-12H,3H2,1-2H3. The van der Waals surface area contributed by atoms with Crippen LogP contribution in [0, 0.1) is 17.1 Å². The fourth-order valence-electron chi connectivity index (χ4n) is 3.85. The first-order valence-electron chi connectivity index (χ1n) is 10.2. The van der Waals surface area contributed by atoms with Gasteiger partial charge in [0.2, 0.25) is 5.82 Å². The molecule has 0 aliphatic carbocycles. The summed E-state index contributed by atoms with van der Waals surface area (Å²) in [5.74, 6) is -0.0842. The number of fused-ring (bicyclic) bond motifs is 3. The molecular formula is C23H16ClFN6O2. The first-order valence-corrected chi connectivity index (χ1v) is 10.6. The van der Waals surface area contributed by atoms with Gasteiger partial charge in [-0.05, 0) is 49.7 Å². The summed E-state index contributed by atoms with van der Waals surface area (Å²) in [5.41, 5.74) is 1.95. The molecule has 0 fully saturated rings. The molecule has 1 unspecified atom stereocenters. The van der Waals surface area contributed by atoms with Crippen LogP contribution in [-0.2, 0) is 0 Å². The van der Waals surface area contributed by atoms with Gasteiger partial charge in [0, 0.05) is 11.6 Å². The monoisotopic (exact) mass is 462 g/mol. The smallest absolute Gasteiger partial charge is 0.278 e. The molecule has 0 N–H and O–H groups in total. The second kappa shape index (κ2) is 7.83. The van der Waals surface area contributed by atoms with Crippen LogP contribution < -0.4 is 5.56 Å². The van der Waals surface area contributed by atoms with Gasteiger partial charge in [-0.1, -0.05) is 23.7 Å². The van der Waals surface area contributed by atoms with Crippen molar-refractivity contribution in [3.05, 3.63) is 69.5 Å². The van der Waals surface area contributed by atoms with E-state index in [0.29, 0.717) is 23.0 Å². The quantitative estimate of drug-likeness (QED) is 0.372.